The SMILES string of the molecule is Cc1ccc(C(=O)NCc2ccc(C(=O)Nc3cccnc3)cc2)cc1. The summed E-state index contributed by atoms with van der Waals surface area (Å²) in [6, 6.07) is 18.1. The molecular weight excluding hydrogens is 326 g/mol. The highest BCUT2D eigenvalue weighted by molar-refractivity contribution is 6.04. The van der Waals surface area contributed by atoms with Gasteiger partial charge in [-0.05, 0) is 48.9 Å². The third-order valence-electron chi connectivity index (χ3n) is 3.90. The first-order valence-electron chi connectivity index (χ1n) is 8.27. The largest absolute Gasteiger partial charge is 0.348 e. The monoisotopic (exact) mass is 345 g/mol. The summed E-state index contributed by atoms with van der Waals surface area (Å²) in [5.41, 5.74) is 3.85. The van der Waals surface area contributed by atoms with Gasteiger partial charge >= 0.3 is 0 Å². The van der Waals surface area contributed by atoms with Crippen LogP contribution >= 0.6 is 0 Å². The van der Waals surface area contributed by atoms with Crippen LogP contribution in [0.2, 0.25) is 0 Å². The maximum Gasteiger partial charge on any atom is 0.255 e. The quantitative estimate of drug-likeness (QED) is 0.742. The van der Waals surface area contributed by atoms with Gasteiger partial charge in [0.2, 0.25) is 0 Å². The second-order valence-electron chi connectivity index (χ2n) is 5.94. The number of anilines is 1. The molecule has 0 atom stereocenters. The molecular formula is C21H19N3O2. The highest BCUT2D eigenvalue weighted by atomic mass is 16.2. The first-order chi connectivity index (χ1) is 12.6. The van der Waals surface area contributed by atoms with E-state index in [0.29, 0.717) is 23.4 Å². The Labute approximate surface area is 152 Å². The molecule has 130 valence electrons. The van der Waals surface area contributed by atoms with Gasteiger partial charge in [0.05, 0.1) is 11.9 Å². The molecule has 26 heavy (non-hydrogen) atoms. The van der Waals surface area contributed by atoms with Crippen LogP contribution < -0.4 is 10.6 Å². The maximum absolute atomic E-state index is 12.2. The summed E-state index contributed by atoms with van der Waals surface area (Å²) in [5.74, 6) is -0.323. The minimum Gasteiger partial charge on any atom is -0.348 e. The van der Waals surface area contributed by atoms with Crippen molar-refractivity contribution >= 4 is 17.5 Å². The van der Waals surface area contributed by atoms with E-state index in [9.17, 15) is 9.59 Å². The van der Waals surface area contributed by atoms with Crippen molar-refractivity contribution in [1.29, 1.82) is 0 Å². The highest BCUT2D eigenvalue weighted by Gasteiger charge is 2.07. The van der Waals surface area contributed by atoms with E-state index in [1.54, 1.807) is 48.8 Å². The fourth-order valence-corrected chi connectivity index (χ4v) is 2.40. The average Bonchev–Trinajstić information content (AvgIpc) is 2.68. The van der Waals surface area contributed by atoms with Gasteiger partial charge in [0.1, 0.15) is 0 Å². The van der Waals surface area contributed by atoms with E-state index >= 15 is 0 Å². The van der Waals surface area contributed by atoms with Crippen LogP contribution in [0.1, 0.15) is 31.8 Å². The summed E-state index contributed by atoms with van der Waals surface area (Å²) in [6.07, 6.45) is 3.24. The number of hydrogen-bond acceptors (Lipinski definition) is 3. The van der Waals surface area contributed by atoms with Crippen LogP contribution in [-0.2, 0) is 6.54 Å². The molecule has 2 N–H and O–H groups in total. The standard InChI is InChI=1S/C21H19N3O2/c1-15-4-8-17(9-5-15)20(25)23-13-16-6-10-18(11-7-16)21(26)24-19-3-2-12-22-14-19/h2-12,14H,13H2,1H3,(H,23,25)(H,24,26). The molecule has 0 aliphatic heterocycles. The Balaban J connectivity index is 1.56. The van der Waals surface area contributed by atoms with Crippen molar-refractivity contribution in [2.45, 2.75) is 13.5 Å². The van der Waals surface area contributed by atoms with Gasteiger partial charge in [-0.3, -0.25) is 14.6 Å². The number of aryl methyl sites for hydroxylation is 1. The van der Waals surface area contributed by atoms with Gasteiger partial charge in [0.25, 0.3) is 11.8 Å². The molecule has 1 heterocycles. The fourth-order valence-electron chi connectivity index (χ4n) is 2.40. The van der Waals surface area contributed by atoms with E-state index in [0.717, 1.165) is 11.1 Å². The Kier molecular flexibility index (Phi) is 5.39. The number of pyridine rings is 1. The molecule has 0 radical (unpaired) electrons. The Morgan fingerprint density at radius 2 is 1.54 bits per heavy atom. The molecule has 3 aromatic rings. The molecule has 5 nitrogen and oxygen atoms in total. The zero-order valence-corrected chi connectivity index (χ0v) is 14.4. The fraction of sp³-hybridized carbons (Fsp3) is 0.0952. The van der Waals surface area contributed by atoms with Crippen molar-refractivity contribution in [3.05, 3.63) is 95.3 Å². The van der Waals surface area contributed by atoms with E-state index in [2.05, 4.69) is 15.6 Å². The Morgan fingerprint density at radius 3 is 2.19 bits per heavy atom. The summed E-state index contributed by atoms with van der Waals surface area (Å²) in [4.78, 5) is 28.3. The van der Waals surface area contributed by atoms with Crippen LogP contribution in [0.25, 0.3) is 0 Å². The van der Waals surface area contributed by atoms with Gasteiger partial charge < -0.3 is 10.6 Å². The van der Waals surface area contributed by atoms with Crippen molar-refractivity contribution in [2.24, 2.45) is 0 Å². The van der Waals surface area contributed by atoms with Gasteiger partial charge in [0.15, 0.2) is 0 Å². The summed E-state index contributed by atoms with van der Waals surface area (Å²) in [7, 11) is 0. The molecule has 0 saturated heterocycles. The number of carbonyl (C=O) groups excluding carboxylic acids is 2. The predicted molar refractivity (Wildman–Crippen MR) is 101 cm³/mol. The molecule has 2 aromatic carbocycles. The van der Waals surface area contributed by atoms with E-state index in [4.69, 9.17) is 0 Å². The van der Waals surface area contributed by atoms with Crippen molar-refractivity contribution in [3.63, 3.8) is 0 Å². The maximum atomic E-state index is 12.2. The zero-order chi connectivity index (χ0) is 18.4. The topological polar surface area (TPSA) is 71.1 Å². The summed E-state index contributed by atoms with van der Waals surface area (Å²) in [5, 5.41) is 5.66. The minimum absolute atomic E-state index is 0.122. The molecule has 0 bridgehead atoms. The molecule has 0 unspecified atom stereocenters. The second kappa shape index (κ2) is 8.07. The Morgan fingerprint density at radius 1 is 0.885 bits per heavy atom. The second-order valence-corrected chi connectivity index (χ2v) is 5.94. The van der Waals surface area contributed by atoms with Crippen LogP contribution in [0.3, 0.4) is 0 Å². The number of rotatable bonds is 5. The lowest BCUT2D eigenvalue weighted by molar-refractivity contribution is 0.0949. The van der Waals surface area contributed by atoms with Gasteiger partial charge in [-0.1, -0.05) is 29.8 Å². The van der Waals surface area contributed by atoms with Crippen molar-refractivity contribution < 1.29 is 9.59 Å². The third kappa shape index (κ3) is 4.54. The normalized spacial score (nSPS) is 10.2. The first kappa shape index (κ1) is 17.4. The molecule has 0 aliphatic rings. The number of benzene rings is 2. The Bertz CT molecular complexity index is 889. The lowest BCUT2D eigenvalue weighted by atomic mass is 10.1. The molecule has 2 amide bonds. The van der Waals surface area contributed by atoms with Crippen molar-refractivity contribution in [3.8, 4) is 0 Å². The number of nitrogens with one attached hydrogen (secondary N) is 2. The van der Waals surface area contributed by atoms with Crippen LogP contribution in [0.15, 0.2) is 73.1 Å². The third-order valence-corrected chi connectivity index (χ3v) is 3.90. The van der Waals surface area contributed by atoms with Gasteiger partial charge in [-0.15, -0.1) is 0 Å². The lowest BCUT2D eigenvalue weighted by Crippen LogP contribution is -2.22. The highest BCUT2D eigenvalue weighted by Crippen LogP contribution is 2.09. The van der Waals surface area contributed by atoms with Crippen LogP contribution in [0.4, 0.5) is 5.69 Å². The number of amides is 2. The molecule has 0 saturated carbocycles. The van der Waals surface area contributed by atoms with E-state index < -0.39 is 0 Å². The molecule has 5 heteroatoms. The number of hydrogen-bond donors (Lipinski definition) is 2. The van der Waals surface area contributed by atoms with E-state index in [1.165, 1.54) is 0 Å². The van der Waals surface area contributed by atoms with E-state index in [-0.39, 0.29) is 11.8 Å². The van der Waals surface area contributed by atoms with Crippen LogP contribution in [0.5, 0.6) is 0 Å². The summed E-state index contributed by atoms with van der Waals surface area (Å²) >= 11 is 0. The molecule has 0 aliphatic carbocycles. The summed E-state index contributed by atoms with van der Waals surface area (Å²) < 4.78 is 0. The minimum atomic E-state index is -0.201. The lowest BCUT2D eigenvalue weighted by Gasteiger charge is -2.08. The Hall–Kier alpha value is -3.47. The number of carbonyl (C=O) groups is 2. The van der Waals surface area contributed by atoms with Crippen molar-refractivity contribution in [1.82, 2.24) is 10.3 Å². The number of aromatic nitrogens is 1. The van der Waals surface area contributed by atoms with Crippen molar-refractivity contribution in [2.75, 3.05) is 5.32 Å². The molecule has 0 spiro atoms. The number of nitrogens with zero attached hydrogens (tertiary/aromatic N) is 1. The van der Waals surface area contributed by atoms with Gasteiger partial charge in [-0.25, -0.2) is 0 Å². The van der Waals surface area contributed by atoms with Crippen LogP contribution in [0, 0.1) is 6.92 Å². The van der Waals surface area contributed by atoms with Crippen LogP contribution in [-0.4, -0.2) is 16.8 Å². The summed E-state index contributed by atoms with van der Waals surface area (Å²) in [6.45, 7) is 2.38. The molecule has 0 fully saturated rings. The van der Waals surface area contributed by atoms with E-state index in [1.807, 2.05) is 31.2 Å². The zero-order valence-electron chi connectivity index (χ0n) is 14.4. The first-order valence-corrected chi connectivity index (χ1v) is 8.27. The average molecular weight is 345 g/mol. The van der Waals surface area contributed by atoms with Gasteiger partial charge in [-0.2, -0.15) is 0 Å². The molecule has 1 aromatic heterocycles. The van der Waals surface area contributed by atoms with Gasteiger partial charge in [0, 0.05) is 23.9 Å². The smallest absolute Gasteiger partial charge is 0.255 e. The predicted octanol–water partition coefficient (Wildman–Crippen LogP) is 3.57. The molecule has 3 rings (SSSR count).